The monoisotopic (exact) mass is 481 g/mol. The summed E-state index contributed by atoms with van der Waals surface area (Å²) in [5.41, 5.74) is 2.14. The zero-order valence-corrected chi connectivity index (χ0v) is 19.3. The fourth-order valence-corrected chi connectivity index (χ4v) is 4.51. The van der Waals surface area contributed by atoms with Crippen LogP contribution in [0.25, 0.3) is 0 Å². The molecule has 0 aliphatic carbocycles. The van der Waals surface area contributed by atoms with Crippen LogP contribution in [0.2, 0.25) is 0 Å². The third kappa shape index (κ3) is 3.47. The summed E-state index contributed by atoms with van der Waals surface area (Å²) in [6.07, 6.45) is 0.191. The summed E-state index contributed by atoms with van der Waals surface area (Å²) in [6, 6.07) is 3.56. The molecule has 0 aromatic heterocycles. The Morgan fingerprint density at radius 1 is 0.800 bits per heavy atom. The Morgan fingerprint density at radius 3 is 1.87 bits per heavy atom. The van der Waals surface area contributed by atoms with Crippen molar-refractivity contribution in [3.8, 4) is 34.5 Å². The third-order valence-electron chi connectivity index (χ3n) is 5.05. The molecule has 0 fully saturated rings. The van der Waals surface area contributed by atoms with E-state index in [1.807, 2.05) is 6.07 Å². The minimum atomic E-state index is -0.369. The molecule has 1 aliphatic rings. The molecule has 0 bridgehead atoms. The van der Waals surface area contributed by atoms with E-state index in [2.05, 4.69) is 21.2 Å². The summed E-state index contributed by atoms with van der Waals surface area (Å²) < 4.78 is 33.9. The van der Waals surface area contributed by atoms with Crippen molar-refractivity contribution in [2.75, 3.05) is 48.0 Å². The molecule has 30 heavy (non-hydrogen) atoms. The lowest BCUT2D eigenvalue weighted by Crippen LogP contribution is -2.25. The molecule has 0 unspecified atom stereocenters. The van der Waals surface area contributed by atoms with Crippen molar-refractivity contribution in [2.45, 2.75) is 12.3 Å². The highest BCUT2D eigenvalue weighted by Gasteiger charge is 2.36. The number of methoxy groups -OCH3 is 6. The molecule has 8 nitrogen and oxygen atoms in total. The van der Waals surface area contributed by atoms with Gasteiger partial charge in [0.05, 0.1) is 52.8 Å². The van der Waals surface area contributed by atoms with Gasteiger partial charge in [-0.25, -0.2) is 0 Å². The Hall–Kier alpha value is -2.81. The summed E-state index contributed by atoms with van der Waals surface area (Å²) >= 11 is 3.62. The van der Waals surface area contributed by atoms with E-state index < -0.39 is 0 Å². The van der Waals surface area contributed by atoms with Gasteiger partial charge in [0.25, 0.3) is 0 Å². The van der Waals surface area contributed by atoms with Crippen LogP contribution in [0.15, 0.2) is 16.6 Å². The number of amides is 1. The first-order valence-electron chi connectivity index (χ1n) is 9.06. The van der Waals surface area contributed by atoms with Crippen molar-refractivity contribution >= 4 is 27.5 Å². The van der Waals surface area contributed by atoms with Gasteiger partial charge in [-0.05, 0) is 27.6 Å². The zero-order valence-electron chi connectivity index (χ0n) is 17.7. The van der Waals surface area contributed by atoms with E-state index in [4.69, 9.17) is 28.4 Å². The third-order valence-corrected chi connectivity index (χ3v) is 5.87. The molecule has 0 radical (unpaired) electrons. The maximum absolute atomic E-state index is 12.6. The van der Waals surface area contributed by atoms with Crippen molar-refractivity contribution in [1.82, 2.24) is 0 Å². The van der Waals surface area contributed by atoms with Crippen molar-refractivity contribution in [1.29, 1.82) is 0 Å². The number of anilines is 1. The maximum atomic E-state index is 12.6. The minimum absolute atomic E-state index is 0.137. The number of ether oxygens (including phenoxy) is 6. The van der Waals surface area contributed by atoms with Crippen molar-refractivity contribution in [3.63, 3.8) is 0 Å². The first-order chi connectivity index (χ1) is 14.4. The second-order valence-corrected chi connectivity index (χ2v) is 7.25. The molecule has 0 saturated heterocycles. The number of rotatable bonds is 7. The van der Waals surface area contributed by atoms with Crippen LogP contribution in [0.1, 0.15) is 23.5 Å². The summed E-state index contributed by atoms with van der Waals surface area (Å²) in [4.78, 5) is 12.6. The van der Waals surface area contributed by atoms with Gasteiger partial charge in [-0.1, -0.05) is 0 Å². The Bertz CT molecular complexity index is 977. The van der Waals surface area contributed by atoms with E-state index in [1.165, 1.54) is 14.2 Å². The topological polar surface area (TPSA) is 84.5 Å². The highest BCUT2D eigenvalue weighted by atomic mass is 79.9. The number of carbonyl (C=O) groups excluding carboxylic acids is 1. The Labute approximate surface area is 183 Å². The Morgan fingerprint density at radius 2 is 1.33 bits per heavy atom. The highest BCUT2D eigenvalue weighted by molar-refractivity contribution is 9.10. The van der Waals surface area contributed by atoms with Crippen LogP contribution in [0.5, 0.6) is 34.5 Å². The van der Waals surface area contributed by atoms with Crippen LogP contribution in [0, 0.1) is 0 Å². The summed E-state index contributed by atoms with van der Waals surface area (Å²) in [6.45, 7) is 0. The number of fused-ring (bicyclic) bond motifs is 1. The predicted octanol–water partition coefficient (Wildman–Crippen LogP) is 3.97. The summed E-state index contributed by atoms with van der Waals surface area (Å²) in [5, 5.41) is 2.90. The lowest BCUT2D eigenvalue weighted by molar-refractivity contribution is -0.116. The lowest BCUT2D eigenvalue weighted by atomic mass is 9.83. The number of halogens is 1. The van der Waals surface area contributed by atoms with Gasteiger partial charge >= 0.3 is 0 Å². The predicted molar refractivity (Wildman–Crippen MR) is 115 cm³/mol. The van der Waals surface area contributed by atoms with Gasteiger partial charge in [-0.15, -0.1) is 0 Å². The molecule has 3 rings (SSSR count). The standard InChI is InChI=1S/C21H24BrNO7/c1-25-13-7-11(17(22)21(30-6)19(13)28-4)10-8-15(24)23-12-9-14(26-2)18(27-3)20(29-5)16(10)12/h7,9-10H,8H2,1-6H3,(H,23,24)/t10-/m0/s1. The van der Waals surface area contributed by atoms with Crippen LogP contribution in [-0.4, -0.2) is 48.6 Å². The maximum Gasteiger partial charge on any atom is 0.225 e. The minimum Gasteiger partial charge on any atom is -0.493 e. The second kappa shape index (κ2) is 8.91. The van der Waals surface area contributed by atoms with Gasteiger partial charge in [0.15, 0.2) is 23.0 Å². The van der Waals surface area contributed by atoms with Gasteiger partial charge in [0.2, 0.25) is 17.4 Å². The van der Waals surface area contributed by atoms with Crippen LogP contribution in [0.3, 0.4) is 0 Å². The van der Waals surface area contributed by atoms with E-state index in [0.717, 1.165) is 11.1 Å². The lowest BCUT2D eigenvalue weighted by Gasteiger charge is -2.30. The first-order valence-corrected chi connectivity index (χ1v) is 9.85. The fourth-order valence-electron chi connectivity index (χ4n) is 3.78. The largest absolute Gasteiger partial charge is 0.493 e. The van der Waals surface area contributed by atoms with Crippen molar-refractivity contribution in [2.24, 2.45) is 0 Å². The second-order valence-electron chi connectivity index (χ2n) is 6.46. The molecule has 0 spiro atoms. The fraction of sp³-hybridized carbons (Fsp3) is 0.381. The van der Waals surface area contributed by atoms with Gasteiger partial charge < -0.3 is 33.7 Å². The summed E-state index contributed by atoms with van der Waals surface area (Å²) in [5.74, 6) is 2.29. The van der Waals surface area contributed by atoms with Crippen LogP contribution in [-0.2, 0) is 4.79 Å². The van der Waals surface area contributed by atoms with Crippen molar-refractivity contribution in [3.05, 3.63) is 27.7 Å². The average molecular weight is 482 g/mol. The average Bonchev–Trinajstić information content (AvgIpc) is 2.76. The first kappa shape index (κ1) is 21.9. The number of carbonyl (C=O) groups is 1. The van der Waals surface area contributed by atoms with Gasteiger partial charge in [0.1, 0.15) is 0 Å². The number of hydrogen-bond acceptors (Lipinski definition) is 7. The molecule has 162 valence electrons. The molecule has 1 heterocycles. The quantitative estimate of drug-likeness (QED) is 0.639. The molecule has 2 aromatic rings. The van der Waals surface area contributed by atoms with E-state index in [-0.39, 0.29) is 18.2 Å². The highest BCUT2D eigenvalue weighted by Crippen LogP contribution is 2.55. The van der Waals surface area contributed by atoms with E-state index >= 15 is 0 Å². The van der Waals surface area contributed by atoms with Crippen molar-refractivity contribution < 1.29 is 33.2 Å². The Kier molecular flexibility index (Phi) is 6.50. The molecule has 1 atom stereocenters. The van der Waals surface area contributed by atoms with Gasteiger partial charge in [-0.2, -0.15) is 0 Å². The smallest absolute Gasteiger partial charge is 0.225 e. The number of benzene rings is 2. The molecule has 1 aliphatic heterocycles. The molecule has 1 N–H and O–H groups in total. The summed E-state index contributed by atoms with van der Waals surface area (Å²) in [7, 11) is 9.25. The molecule has 1 amide bonds. The van der Waals surface area contributed by atoms with Crippen LogP contribution in [0.4, 0.5) is 5.69 Å². The van der Waals surface area contributed by atoms with Gasteiger partial charge in [0, 0.05) is 24.0 Å². The van der Waals surface area contributed by atoms with Gasteiger partial charge in [-0.3, -0.25) is 4.79 Å². The Balaban J connectivity index is 2.34. The molecule has 0 saturated carbocycles. The molecular weight excluding hydrogens is 458 g/mol. The van der Waals surface area contributed by atoms with E-state index in [1.54, 1.807) is 34.5 Å². The van der Waals surface area contributed by atoms with E-state index in [0.29, 0.717) is 44.7 Å². The normalized spacial score (nSPS) is 15.0. The number of hydrogen-bond donors (Lipinski definition) is 1. The molecular formula is C21H24BrNO7. The van der Waals surface area contributed by atoms with Crippen LogP contribution < -0.4 is 33.7 Å². The van der Waals surface area contributed by atoms with Crippen LogP contribution >= 0.6 is 15.9 Å². The zero-order chi connectivity index (χ0) is 22.0. The SMILES string of the molecule is COc1cc([C@@H]2CC(=O)Nc3cc(OC)c(OC)c(OC)c32)c(Br)c(OC)c1OC. The van der Waals surface area contributed by atoms with E-state index in [9.17, 15) is 4.79 Å². The molecule has 2 aromatic carbocycles. The number of nitrogens with one attached hydrogen (secondary N) is 1. The molecule has 9 heteroatoms.